The zero-order valence-corrected chi connectivity index (χ0v) is 16.0. The number of nitrogens with zero attached hydrogens (tertiary/aromatic N) is 5. The molecule has 1 aromatic carbocycles. The first-order valence-corrected chi connectivity index (χ1v) is 9.41. The van der Waals surface area contributed by atoms with Crippen LogP contribution in [-0.2, 0) is 12.7 Å². The molecule has 1 fully saturated rings. The standard InChI is InChI=1S/C18H18ClF3N6O/c19-12-3-4-14(29)11(6-12)8-27-5-1-2-13(9-27)25-16-7-15(18(20,21)22)26-17-23-10-24-28(16)17/h3-4,6-7,10,13,25,29H,1-2,5,8-9H2. The van der Waals surface area contributed by atoms with Crippen LogP contribution >= 0.6 is 11.6 Å². The van der Waals surface area contributed by atoms with Gasteiger partial charge in [-0.3, -0.25) is 4.90 Å². The quantitative estimate of drug-likeness (QED) is 0.664. The Kier molecular flexibility index (Phi) is 5.22. The highest BCUT2D eigenvalue weighted by atomic mass is 35.5. The molecule has 0 spiro atoms. The second kappa shape index (κ2) is 7.68. The van der Waals surface area contributed by atoms with Crippen LogP contribution in [0.25, 0.3) is 5.78 Å². The van der Waals surface area contributed by atoms with Crippen LogP contribution < -0.4 is 5.32 Å². The van der Waals surface area contributed by atoms with E-state index in [9.17, 15) is 18.3 Å². The van der Waals surface area contributed by atoms with Gasteiger partial charge in [0.15, 0.2) is 5.69 Å². The summed E-state index contributed by atoms with van der Waals surface area (Å²) in [4.78, 5) is 9.43. The van der Waals surface area contributed by atoms with Gasteiger partial charge in [0.25, 0.3) is 5.78 Å². The lowest BCUT2D eigenvalue weighted by atomic mass is 10.0. The van der Waals surface area contributed by atoms with Crippen LogP contribution in [0.15, 0.2) is 30.6 Å². The Morgan fingerprint density at radius 2 is 2.10 bits per heavy atom. The number of hydrogen-bond donors (Lipinski definition) is 2. The average Bonchev–Trinajstić information content (AvgIpc) is 3.13. The fourth-order valence-corrected chi connectivity index (χ4v) is 3.70. The first-order chi connectivity index (χ1) is 13.8. The summed E-state index contributed by atoms with van der Waals surface area (Å²) in [7, 11) is 0. The van der Waals surface area contributed by atoms with Gasteiger partial charge in [0.2, 0.25) is 0 Å². The molecule has 4 rings (SSSR count). The predicted octanol–water partition coefficient (Wildman–Crippen LogP) is 3.58. The second-order valence-corrected chi connectivity index (χ2v) is 7.42. The molecular formula is C18H18ClF3N6O. The molecule has 0 bridgehead atoms. The maximum Gasteiger partial charge on any atom is 0.433 e. The molecule has 7 nitrogen and oxygen atoms in total. The van der Waals surface area contributed by atoms with Crippen LogP contribution in [0.5, 0.6) is 5.75 Å². The summed E-state index contributed by atoms with van der Waals surface area (Å²) in [5.74, 6) is 0.244. The van der Waals surface area contributed by atoms with Gasteiger partial charge in [-0.05, 0) is 37.6 Å². The molecule has 1 unspecified atom stereocenters. The highest BCUT2D eigenvalue weighted by Gasteiger charge is 2.34. The van der Waals surface area contributed by atoms with Crippen molar-refractivity contribution >= 4 is 23.2 Å². The number of fused-ring (bicyclic) bond motifs is 1. The molecule has 1 saturated heterocycles. The number of likely N-dealkylation sites (tertiary alicyclic amines) is 1. The molecular weight excluding hydrogens is 409 g/mol. The van der Waals surface area contributed by atoms with E-state index < -0.39 is 11.9 Å². The molecule has 2 N–H and O–H groups in total. The van der Waals surface area contributed by atoms with E-state index in [1.165, 1.54) is 10.8 Å². The maximum absolute atomic E-state index is 13.2. The van der Waals surface area contributed by atoms with Crippen molar-refractivity contribution < 1.29 is 18.3 Å². The van der Waals surface area contributed by atoms with Crippen LogP contribution in [0, 0.1) is 0 Å². The first kappa shape index (κ1) is 19.7. The number of piperidine rings is 1. The van der Waals surface area contributed by atoms with Crippen molar-refractivity contribution in [2.24, 2.45) is 0 Å². The molecule has 1 atom stereocenters. The number of rotatable bonds is 4. The Hall–Kier alpha value is -2.59. The Morgan fingerprint density at radius 3 is 2.90 bits per heavy atom. The fourth-order valence-electron chi connectivity index (χ4n) is 3.51. The Bertz CT molecular complexity index is 1020. The zero-order chi connectivity index (χ0) is 20.6. The van der Waals surface area contributed by atoms with Crippen molar-refractivity contribution in [1.82, 2.24) is 24.5 Å². The lowest BCUT2D eigenvalue weighted by Gasteiger charge is -2.33. The summed E-state index contributed by atoms with van der Waals surface area (Å²) < 4.78 is 40.8. The highest BCUT2D eigenvalue weighted by molar-refractivity contribution is 6.30. The van der Waals surface area contributed by atoms with Crippen LogP contribution in [0.3, 0.4) is 0 Å². The Labute approximate surface area is 169 Å². The Balaban J connectivity index is 1.52. The van der Waals surface area contributed by atoms with E-state index in [0.29, 0.717) is 23.7 Å². The van der Waals surface area contributed by atoms with Crippen molar-refractivity contribution in [3.63, 3.8) is 0 Å². The van der Waals surface area contributed by atoms with Crippen LogP contribution in [0.2, 0.25) is 5.02 Å². The number of halogens is 4. The molecule has 0 saturated carbocycles. The minimum absolute atomic E-state index is 0.0963. The van der Waals surface area contributed by atoms with Crippen molar-refractivity contribution in [3.8, 4) is 5.75 Å². The molecule has 1 aliphatic heterocycles. The van der Waals surface area contributed by atoms with Gasteiger partial charge in [-0.15, -0.1) is 0 Å². The molecule has 3 aromatic rings. The molecule has 2 aromatic heterocycles. The van der Waals surface area contributed by atoms with Crippen LogP contribution in [0.4, 0.5) is 19.0 Å². The normalized spacial score (nSPS) is 18.3. The smallest absolute Gasteiger partial charge is 0.433 e. The van der Waals surface area contributed by atoms with Gasteiger partial charge < -0.3 is 10.4 Å². The lowest BCUT2D eigenvalue weighted by Crippen LogP contribution is -2.42. The third-order valence-corrected chi connectivity index (χ3v) is 5.07. The van der Waals surface area contributed by atoms with E-state index in [1.807, 2.05) is 0 Å². The molecule has 0 amide bonds. The number of aromatic hydroxyl groups is 1. The van der Waals surface area contributed by atoms with Crippen molar-refractivity contribution in [2.45, 2.75) is 31.6 Å². The third-order valence-electron chi connectivity index (χ3n) is 4.84. The number of hydrogen-bond acceptors (Lipinski definition) is 6. The van der Waals surface area contributed by atoms with E-state index in [4.69, 9.17) is 11.6 Å². The molecule has 0 aliphatic carbocycles. The summed E-state index contributed by atoms with van der Waals surface area (Å²) in [6, 6.07) is 5.73. The van der Waals surface area contributed by atoms with Gasteiger partial charge in [0, 0.05) is 35.8 Å². The van der Waals surface area contributed by atoms with Crippen molar-refractivity contribution in [2.75, 3.05) is 18.4 Å². The molecule has 11 heteroatoms. The third kappa shape index (κ3) is 4.38. The minimum Gasteiger partial charge on any atom is -0.508 e. The summed E-state index contributed by atoms with van der Waals surface area (Å²) in [5.41, 5.74) is -0.308. The number of aromatic nitrogens is 4. The number of phenols is 1. The van der Waals surface area contributed by atoms with Gasteiger partial charge in [-0.2, -0.15) is 27.8 Å². The topological polar surface area (TPSA) is 78.6 Å². The average molecular weight is 427 g/mol. The van der Waals surface area contributed by atoms with Crippen LogP contribution in [0.1, 0.15) is 24.1 Å². The van der Waals surface area contributed by atoms with Gasteiger partial charge in [-0.1, -0.05) is 11.6 Å². The predicted molar refractivity (Wildman–Crippen MR) is 101 cm³/mol. The summed E-state index contributed by atoms with van der Waals surface area (Å²) in [5, 5.41) is 17.7. The van der Waals surface area contributed by atoms with E-state index in [0.717, 1.165) is 25.5 Å². The minimum atomic E-state index is -4.58. The molecule has 154 valence electrons. The zero-order valence-electron chi connectivity index (χ0n) is 15.2. The number of alkyl halides is 3. The Morgan fingerprint density at radius 1 is 1.28 bits per heavy atom. The number of anilines is 1. The van der Waals surface area contributed by atoms with Gasteiger partial charge >= 0.3 is 6.18 Å². The van der Waals surface area contributed by atoms with Gasteiger partial charge in [-0.25, -0.2) is 4.98 Å². The summed E-state index contributed by atoms with van der Waals surface area (Å²) in [6.07, 6.45) is -1.76. The molecule has 3 heterocycles. The SMILES string of the molecule is Oc1ccc(Cl)cc1CN1CCCC(Nc2cc(C(F)(F)F)nc3ncnn23)C1. The fraction of sp³-hybridized carbons (Fsp3) is 0.389. The first-order valence-electron chi connectivity index (χ1n) is 9.04. The number of nitrogens with one attached hydrogen (secondary N) is 1. The second-order valence-electron chi connectivity index (χ2n) is 6.99. The summed E-state index contributed by atoms with van der Waals surface area (Å²) >= 11 is 6.01. The van der Waals surface area contributed by atoms with Crippen LogP contribution in [-0.4, -0.2) is 48.7 Å². The monoisotopic (exact) mass is 426 g/mol. The van der Waals surface area contributed by atoms with E-state index in [-0.39, 0.29) is 23.4 Å². The van der Waals surface area contributed by atoms with Crippen molar-refractivity contribution in [1.29, 1.82) is 0 Å². The molecule has 0 radical (unpaired) electrons. The van der Waals surface area contributed by atoms with Gasteiger partial charge in [0.05, 0.1) is 0 Å². The van der Waals surface area contributed by atoms with E-state index in [1.54, 1.807) is 18.2 Å². The van der Waals surface area contributed by atoms with E-state index in [2.05, 4.69) is 25.3 Å². The molecule has 29 heavy (non-hydrogen) atoms. The van der Waals surface area contributed by atoms with E-state index >= 15 is 0 Å². The number of phenolic OH excluding ortho intramolecular Hbond substituents is 1. The highest BCUT2D eigenvalue weighted by Crippen LogP contribution is 2.30. The largest absolute Gasteiger partial charge is 0.508 e. The maximum atomic E-state index is 13.2. The lowest BCUT2D eigenvalue weighted by molar-refractivity contribution is -0.141. The summed E-state index contributed by atoms with van der Waals surface area (Å²) in [6.45, 7) is 1.90. The number of benzene rings is 1. The van der Waals surface area contributed by atoms with Crippen molar-refractivity contribution in [3.05, 3.63) is 46.9 Å². The van der Waals surface area contributed by atoms with Gasteiger partial charge in [0.1, 0.15) is 17.9 Å². The molecule has 1 aliphatic rings.